The second kappa shape index (κ2) is 9.21. The summed E-state index contributed by atoms with van der Waals surface area (Å²) < 4.78 is 40.3. The fourth-order valence-corrected chi connectivity index (χ4v) is 1.87. The third-order valence-electron chi connectivity index (χ3n) is 2.96. The summed E-state index contributed by atoms with van der Waals surface area (Å²) >= 11 is 0. The SMILES string of the molecule is COc1cc(CNCCCCCC#CC(F)(F)F)ccc1O. The Morgan fingerprint density at radius 2 is 2.00 bits per heavy atom. The zero-order chi connectivity index (χ0) is 16.4. The Morgan fingerprint density at radius 1 is 1.23 bits per heavy atom. The van der Waals surface area contributed by atoms with Crippen LogP contribution in [0, 0.1) is 11.8 Å². The highest BCUT2D eigenvalue weighted by atomic mass is 19.4. The summed E-state index contributed by atoms with van der Waals surface area (Å²) in [4.78, 5) is 0. The van der Waals surface area contributed by atoms with Gasteiger partial charge >= 0.3 is 6.18 Å². The maximum Gasteiger partial charge on any atom is 0.457 e. The molecule has 0 atom stereocenters. The van der Waals surface area contributed by atoms with E-state index in [2.05, 4.69) is 11.2 Å². The first-order chi connectivity index (χ1) is 10.4. The van der Waals surface area contributed by atoms with Crippen molar-refractivity contribution in [3.63, 3.8) is 0 Å². The monoisotopic (exact) mass is 315 g/mol. The van der Waals surface area contributed by atoms with Crippen LogP contribution in [0.3, 0.4) is 0 Å². The summed E-state index contributed by atoms with van der Waals surface area (Å²) in [6.07, 6.45) is -1.74. The van der Waals surface area contributed by atoms with Crippen LogP contribution in [0.25, 0.3) is 0 Å². The maximum atomic E-state index is 11.8. The van der Waals surface area contributed by atoms with Crippen LogP contribution in [0.4, 0.5) is 13.2 Å². The molecule has 0 radical (unpaired) electrons. The van der Waals surface area contributed by atoms with Crippen LogP contribution >= 0.6 is 0 Å². The number of nitrogens with one attached hydrogen (secondary N) is 1. The molecule has 0 aliphatic rings. The van der Waals surface area contributed by atoms with E-state index in [1.807, 2.05) is 0 Å². The molecule has 3 nitrogen and oxygen atoms in total. The number of aromatic hydroxyl groups is 1. The molecule has 0 saturated carbocycles. The van der Waals surface area contributed by atoms with Gasteiger partial charge in [-0.25, -0.2) is 0 Å². The second-order valence-corrected chi connectivity index (χ2v) is 4.79. The highest BCUT2D eigenvalue weighted by Gasteiger charge is 2.22. The first-order valence-corrected chi connectivity index (χ1v) is 7.06. The number of phenols is 1. The molecule has 1 aromatic rings. The quantitative estimate of drug-likeness (QED) is 0.569. The van der Waals surface area contributed by atoms with Crippen LogP contribution in [0.1, 0.15) is 31.2 Å². The molecule has 0 aliphatic carbocycles. The number of phenolic OH excluding ortho intramolecular Hbond substituents is 1. The van der Waals surface area contributed by atoms with E-state index >= 15 is 0 Å². The van der Waals surface area contributed by atoms with E-state index in [-0.39, 0.29) is 12.2 Å². The first kappa shape index (κ1) is 18.2. The Morgan fingerprint density at radius 3 is 2.68 bits per heavy atom. The molecule has 0 aliphatic heterocycles. The van der Waals surface area contributed by atoms with E-state index in [0.29, 0.717) is 18.7 Å². The highest BCUT2D eigenvalue weighted by molar-refractivity contribution is 5.41. The smallest absolute Gasteiger partial charge is 0.457 e. The standard InChI is InChI=1S/C16H20F3NO2/c1-22-15-11-13(7-8-14(15)21)12-20-10-6-4-2-3-5-9-16(17,18)19/h7-8,11,20-21H,2-4,6,10,12H2,1H3. The van der Waals surface area contributed by atoms with Crippen molar-refractivity contribution in [3.05, 3.63) is 23.8 Å². The molecule has 122 valence electrons. The number of hydrogen-bond donors (Lipinski definition) is 2. The summed E-state index contributed by atoms with van der Waals surface area (Å²) in [5.41, 5.74) is 0.991. The zero-order valence-electron chi connectivity index (χ0n) is 12.5. The number of ether oxygens (including phenoxy) is 1. The lowest BCUT2D eigenvalue weighted by atomic mass is 10.2. The van der Waals surface area contributed by atoms with Crippen LogP contribution in [0.5, 0.6) is 11.5 Å². The number of rotatable bonds is 8. The third kappa shape index (κ3) is 7.79. The van der Waals surface area contributed by atoms with Gasteiger partial charge in [0.1, 0.15) is 0 Å². The average Bonchev–Trinajstić information content (AvgIpc) is 2.46. The van der Waals surface area contributed by atoms with Gasteiger partial charge in [0.15, 0.2) is 11.5 Å². The van der Waals surface area contributed by atoms with E-state index in [4.69, 9.17) is 4.74 Å². The third-order valence-corrected chi connectivity index (χ3v) is 2.96. The maximum absolute atomic E-state index is 11.8. The van der Waals surface area contributed by atoms with Gasteiger partial charge in [-0.15, -0.1) is 0 Å². The first-order valence-electron chi connectivity index (χ1n) is 7.06. The fraction of sp³-hybridized carbons (Fsp3) is 0.500. The Labute approximate surface area is 128 Å². The largest absolute Gasteiger partial charge is 0.504 e. The topological polar surface area (TPSA) is 41.5 Å². The van der Waals surface area contributed by atoms with Gasteiger partial charge in [-0.1, -0.05) is 18.4 Å². The van der Waals surface area contributed by atoms with E-state index in [1.165, 1.54) is 13.0 Å². The van der Waals surface area contributed by atoms with Gasteiger partial charge in [0.05, 0.1) is 7.11 Å². The molecule has 0 heterocycles. The Bertz CT molecular complexity index is 518. The second-order valence-electron chi connectivity index (χ2n) is 4.79. The Kier molecular flexibility index (Phi) is 7.61. The molecular weight excluding hydrogens is 295 g/mol. The Hall–Kier alpha value is -1.87. The lowest BCUT2D eigenvalue weighted by molar-refractivity contribution is -0.0697. The normalized spacial score (nSPS) is 10.9. The molecule has 1 aromatic carbocycles. The molecule has 0 bridgehead atoms. The molecule has 2 N–H and O–H groups in total. The predicted molar refractivity (Wildman–Crippen MR) is 78.7 cm³/mol. The van der Waals surface area contributed by atoms with Crippen molar-refractivity contribution < 1.29 is 23.0 Å². The minimum atomic E-state index is -4.38. The lowest BCUT2D eigenvalue weighted by Gasteiger charge is -2.08. The van der Waals surface area contributed by atoms with E-state index in [9.17, 15) is 18.3 Å². The lowest BCUT2D eigenvalue weighted by Crippen LogP contribution is -2.14. The number of alkyl halides is 3. The van der Waals surface area contributed by atoms with Crippen molar-refractivity contribution in [2.24, 2.45) is 0 Å². The number of methoxy groups -OCH3 is 1. The number of benzene rings is 1. The van der Waals surface area contributed by atoms with Crippen molar-refractivity contribution in [1.82, 2.24) is 5.32 Å². The van der Waals surface area contributed by atoms with Gasteiger partial charge in [-0.05, 0) is 37.1 Å². The summed E-state index contributed by atoms with van der Waals surface area (Å²) in [6, 6.07) is 5.14. The average molecular weight is 315 g/mol. The van der Waals surface area contributed by atoms with Gasteiger partial charge in [0, 0.05) is 18.9 Å². The van der Waals surface area contributed by atoms with Crippen LogP contribution in [0.2, 0.25) is 0 Å². The summed E-state index contributed by atoms with van der Waals surface area (Å²) in [5.74, 6) is 3.93. The fourth-order valence-electron chi connectivity index (χ4n) is 1.87. The van der Waals surface area contributed by atoms with E-state index in [1.54, 1.807) is 18.2 Å². The van der Waals surface area contributed by atoms with Gasteiger partial charge in [-0.3, -0.25) is 0 Å². The number of hydrogen-bond acceptors (Lipinski definition) is 3. The molecule has 0 unspecified atom stereocenters. The minimum absolute atomic E-state index is 0.103. The van der Waals surface area contributed by atoms with Crippen LogP contribution in [0.15, 0.2) is 18.2 Å². The zero-order valence-corrected chi connectivity index (χ0v) is 12.5. The van der Waals surface area contributed by atoms with Gasteiger partial charge in [0.25, 0.3) is 0 Å². The molecule has 0 aromatic heterocycles. The number of halogens is 3. The van der Waals surface area contributed by atoms with Crippen LogP contribution < -0.4 is 10.1 Å². The number of unbranched alkanes of at least 4 members (excludes halogenated alkanes) is 3. The molecule has 1 rings (SSSR count). The summed E-state index contributed by atoms with van der Waals surface area (Å²) in [5, 5.41) is 12.7. The highest BCUT2D eigenvalue weighted by Crippen LogP contribution is 2.26. The predicted octanol–water partition coefficient (Wildman–Crippen LogP) is 3.62. The van der Waals surface area contributed by atoms with Crippen LogP contribution in [-0.2, 0) is 6.54 Å². The van der Waals surface area contributed by atoms with E-state index < -0.39 is 6.18 Å². The van der Waals surface area contributed by atoms with E-state index in [0.717, 1.165) is 24.9 Å². The minimum Gasteiger partial charge on any atom is -0.504 e. The van der Waals surface area contributed by atoms with Gasteiger partial charge in [-0.2, -0.15) is 13.2 Å². The van der Waals surface area contributed by atoms with Crippen LogP contribution in [-0.4, -0.2) is 24.9 Å². The van der Waals surface area contributed by atoms with Gasteiger partial charge in [0.2, 0.25) is 0 Å². The van der Waals surface area contributed by atoms with Crippen molar-refractivity contribution in [1.29, 1.82) is 0 Å². The Balaban J connectivity index is 2.12. The molecule has 0 saturated heterocycles. The summed E-state index contributed by atoms with van der Waals surface area (Å²) in [7, 11) is 1.49. The van der Waals surface area contributed by atoms with Gasteiger partial charge < -0.3 is 15.2 Å². The molecule has 0 fully saturated rings. The molecule has 22 heavy (non-hydrogen) atoms. The van der Waals surface area contributed by atoms with Crippen molar-refractivity contribution in [3.8, 4) is 23.3 Å². The van der Waals surface area contributed by atoms with Crippen molar-refractivity contribution >= 4 is 0 Å². The molecular formula is C16H20F3NO2. The van der Waals surface area contributed by atoms with Crippen molar-refractivity contribution in [2.75, 3.05) is 13.7 Å². The van der Waals surface area contributed by atoms with Crippen molar-refractivity contribution in [2.45, 2.75) is 38.4 Å². The molecule has 6 heteroatoms. The molecule has 0 spiro atoms. The molecule has 0 amide bonds. The summed E-state index contributed by atoms with van der Waals surface area (Å²) in [6.45, 7) is 1.42.